The zero-order valence-electron chi connectivity index (χ0n) is 12.2. The Hall–Kier alpha value is -2.47. The molecule has 0 aliphatic rings. The molecule has 6 heteroatoms. The third-order valence-corrected chi connectivity index (χ3v) is 4.66. The Morgan fingerprint density at radius 2 is 1.83 bits per heavy atom. The molecule has 0 spiro atoms. The van der Waals surface area contributed by atoms with E-state index in [4.69, 9.17) is 0 Å². The standard InChI is InChI=1S/C17H13F2NO2S/c1-10-13-4-2-3-5-14(13)23-15(10)16(21)20-11-6-8-12(9-7-11)22-17(18)19/h2-9,17H,1H3,(H,20,21). The molecule has 3 aromatic rings. The summed E-state index contributed by atoms with van der Waals surface area (Å²) in [7, 11) is 0. The first-order valence-corrected chi connectivity index (χ1v) is 7.70. The molecule has 1 aromatic heterocycles. The van der Waals surface area contributed by atoms with Crippen LogP contribution in [-0.2, 0) is 0 Å². The van der Waals surface area contributed by atoms with Crippen molar-refractivity contribution in [3.63, 3.8) is 0 Å². The van der Waals surface area contributed by atoms with Crippen LogP contribution in [0.2, 0.25) is 0 Å². The van der Waals surface area contributed by atoms with Gasteiger partial charge in [0.05, 0.1) is 4.88 Å². The van der Waals surface area contributed by atoms with Crippen LogP contribution < -0.4 is 10.1 Å². The lowest BCUT2D eigenvalue weighted by Crippen LogP contribution is -2.11. The van der Waals surface area contributed by atoms with Gasteiger partial charge in [0.25, 0.3) is 5.91 Å². The molecule has 0 radical (unpaired) electrons. The maximum absolute atomic E-state index is 12.4. The van der Waals surface area contributed by atoms with Crippen molar-refractivity contribution in [3.05, 3.63) is 59.0 Å². The third kappa shape index (κ3) is 3.32. The number of fused-ring (bicyclic) bond motifs is 1. The van der Waals surface area contributed by atoms with Gasteiger partial charge in [0.15, 0.2) is 0 Å². The summed E-state index contributed by atoms with van der Waals surface area (Å²) in [4.78, 5) is 13.1. The van der Waals surface area contributed by atoms with Crippen molar-refractivity contribution in [2.75, 3.05) is 5.32 Å². The Bertz CT molecular complexity index is 843. The van der Waals surface area contributed by atoms with Crippen molar-refractivity contribution in [3.8, 4) is 5.75 Å². The third-order valence-electron chi connectivity index (χ3n) is 3.39. The molecule has 3 nitrogen and oxygen atoms in total. The molecule has 3 rings (SSSR count). The number of nitrogens with one attached hydrogen (secondary N) is 1. The number of hydrogen-bond donors (Lipinski definition) is 1. The maximum atomic E-state index is 12.4. The first-order chi connectivity index (χ1) is 11.0. The van der Waals surface area contributed by atoms with Crippen LogP contribution in [0.5, 0.6) is 5.75 Å². The van der Waals surface area contributed by atoms with E-state index in [0.717, 1.165) is 15.6 Å². The highest BCUT2D eigenvalue weighted by Crippen LogP contribution is 2.31. The van der Waals surface area contributed by atoms with E-state index >= 15 is 0 Å². The molecule has 2 aromatic carbocycles. The van der Waals surface area contributed by atoms with Crippen molar-refractivity contribution in [1.82, 2.24) is 0 Å². The number of ether oxygens (including phenoxy) is 1. The summed E-state index contributed by atoms with van der Waals surface area (Å²) < 4.78 is 29.5. The topological polar surface area (TPSA) is 38.3 Å². The van der Waals surface area contributed by atoms with E-state index in [1.54, 1.807) is 0 Å². The minimum atomic E-state index is -2.86. The lowest BCUT2D eigenvalue weighted by atomic mass is 10.1. The van der Waals surface area contributed by atoms with E-state index in [1.165, 1.54) is 35.6 Å². The van der Waals surface area contributed by atoms with E-state index in [2.05, 4.69) is 10.1 Å². The second-order valence-electron chi connectivity index (χ2n) is 4.91. The number of anilines is 1. The lowest BCUT2D eigenvalue weighted by molar-refractivity contribution is -0.0498. The molecule has 23 heavy (non-hydrogen) atoms. The molecule has 0 saturated carbocycles. The van der Waals surface area contributed by atoms with Crippen LogP contribution in [-0.4, -0.2) is 12.5 Å². The molecule has 0 bridgehead atoms. The van der Waals surface area contributed by atoms with E-state index in [-0.39, 0.29) is 11.7 Å². The molecule has 0 atom stereocenters. The van der Waals surface area contributed by atoms with Crippen molar-refractivity contribution in [2.24, 2.45) is 0 Å². The van der Waals surface area contributed by atoms with Crippen molar-refractivity contribution < 1.29 is 18.3 Å². The van der Waals surface area contributed by atoms with Gasteiger partial charge in [-0.15, -0.1) is 11.3 Å². The summed E-state index contributed by atoms with van der Waals surface area (Å²) in [6.07, 6.45) is 0. The van der Waals surface area contributed by atoms with Gasteiger partial charge >= 0.3 is 6.61 Å². The van der Waals surface area contributed by atoms with Crippen LogP contribution in [0.25, 0.3) is 10.1 Å². The van der Waals surface area contributed by atoms with Gasteiger partial charge in [-0.3, -0.25) is 4.79 Å². The molecule has 0 saturated heterocycles. The zero-order valence-corrected chi connectivity index (χ0v) is 13.0. The Morgan fingerprint density at radius 3 is 2.48 bits per heavy atom. The number of benzene rings is 2. The van der Waals surface area contributed by atoms with Gasteiger partial charge in [0.2, 0.25) is 0 Å². The second kappa shape index (κ2) is 6.34. The molecular weight excluding hydrogens is 320 g/mol. The Balaban J connectivity index is 1.79. The number of rotatable bonds is 4. The fourth-order valence-corrected chi connectivity index (χ4v) is 3.40. The predicted octanol–water partition coefficient (Wildman–Crippen LogP) is 5.06. The van der Waals surface area contributed by atoms with Gasteiger partial charge in [0, 0.05) is 10.4 Å². The first-order valence-electron chi connectivity index (χ1n) is 6.89. The van der Waals surface area contributed by atoms with Crippen LogP contribution in [0.1, 0.15) is 15.2 Å². The normalized spacial score (nSPS) is 11.0. The molecule has 1 heterocycles. The zero-order chi connectivity index (χ0) is 16.4. The number of aryl methyl sites for hydroxylation is 1. The first kappa shape index (κ1) is 15.4. The summed E-state index contributed by atoms with van der Waals surface area (Å²) in [5.41, 5.74) is 1.45. The lowest BCUT2D eigenvalue weighted by Gasteiger charge is -2.07. The number of carbonyl (C=O) groups excluding carboxylic acids is 1. The van der Waals surface area contributed by atoms with Crippen molar-refractivity contribution >= 4 is 33.0 Å². The highest BCUT2D eigenvalue weighted by molar-refractivity contribution is 7.21. The molecule has 1 N–H and O–H groups in total. The van der Waals surface area contributed by atoms with Gasteiger partial charge in [-0.1, -0.05) is 18.2 Å². The molecule has 0 aliphatic carbocycles. The molecule has 0 unspecified atom stereocenters. The Kier molecular flexibility index (Phi) is 4.25. The highest BCUT2D eigenvalue weighted by Gasteiger charge is 2.15. The summed E-state index contributed by atoms with van der Waals surface area (Å²) >= 11 is 1.43. The van der Waals surface area contributed by atoms with Crippen LogP contribution in [0.15, 0.2) is 48.5 Å². The average molecular weight is 333 g/mol. The van der Waals surface area contributed by atoms with Crippen LogP contribution in [0.4, 0.5) is 14.5 Å². The van der Waals surface area contributed by atoms with Crippen LogP contribution >= 0.6 is 11.3 Å². The molecule has 1 amide bonds. The van der Waals surface area contributed by atoms with E-state index in [1.807, 2.05) is 31.2 Å². The number of hydrogen-bond acceptors (Lipinski definition) is 3. The second-order valence-corrected chi connectivity index (χ2v) is 5.96. The molecule has 0 fully saturated rings. The number of alkyl halides is 2. The predicted molar refractivity (Wildman–Crippen MR) is 87.6 cm³/mol. The van der Waals surface area contributed by atoms with Crippen molar-refractivity contribution in [2.45, 2.75) is 13.5 Å². The smallest absolute Gasteiger partial charge is 0.387 e. The number of halogens is 2. The maximum Gasteiger partial charge on any atom is 0.387 e. The monoisotopic (exact) mass is 333 g/mol. The minimum Gasteiger partial charge on any atom is -0.435 e. The fraction of sp³-hybridized carbons (Fsp3) is 0.118. The number of thiophene rings is 1. The quantitative estimate of drug-likeness (QED) is 0.724. The van der Waals surface area contributed by atoms with Gasteiger partial charge in [-0.05, 0) is 48.2 Å². The largest absolute Gasteiger partial charge is 0.435 e. The summed E-state index contributed by atoms with van der Waals surface area (Å²) in [5.74, 6) is -0.165. The summed E-state index contributed by atoms with van der Waals surface area (Å²) in [6, 6.07) is 13.7. The van der Waals surface area contributed by atoms with Gasteiger partial charge < -0.3 is 10.1 Å². The van der Waals surface area contributed by atoms with E-state index in [0.29, 0.717) is 10.6 Å². The van der Waals surface area contributed by atoms with Gasteiger partial charge in [-0.25, -0.2) is 0 Å². The van der Waals surface area contributed by atoms with E-state index < -0.39 is 6.61 Å². The molecule has 118 valence electrons. The van der Waals surface area contributed by atoms with Gasteiger partial charge in [0.1, 0.15) is 5.75 Å². The summed E-state index contributed by atoms with van der Waals surface area (Å²) in [5, 5.41) is 3.83. The average Bonchev–Trinajstić information content (AvgIpc) is 2.86. The van der Waals surface area contributed by atoms with E-state index in [9.17, 15) is 13.6 Å². The summed E-state index contributed by atoms with van der Waals surface area (Å²) in [6.45, 7) is -0.954. The SMILES string of the molecule is Cc1c(C(=O)Nc2ccc(OC(F)F)cc2)sc2ccccc12. The molecular formula is C17H13F2NO2S. The Morgan fingerprint density at radius 1 is 1.13 bits per heavy atom. The van der Waals surface area contributed by atoms with Crippen LogP contribution in [0.3, 0.4) is 0 Å². The number of amides is 1. The van der Waals surface area contributed by atoms with Gasteiger partial charge in [-0.2, -0.15) is 8.78 Å². The molecule has 0 aliphatic heterocycles. The number of carbonyl (C=O) groups is 1. The fourth-order valence-electron chi connectivity index (χ4n) is 2.30. The highest BCUT2D eigenvalue weighted by atomic mass is 32.1. The minimum absolute atomic E-state index is 0.0519. The van der Waals surface area contributed by atoms with Crippen LogP contribution in [0, 0.1) is 6.92 Å². The van der Waals surface area contributed by atoms with Crippen molar-refractivity contribution in [1.29, 1.82) is 0 Å². The Labute approximate surface area is 135 Å².